The van der Waals surface area contributed by atoms with Crippen LogP contribution in [0.3, 0.4) is 0 Å². The Morgan fingerprint density at radius 1 is 1.35 bits per heavy atom. The summed E-state index contributed by atoms with van der Waals surface area (Å²) < 4.78 is 5.91. The molecular formula is C17H25NO2. The standard InChI is InChI=1S/C17H25NO2/c1-12(2)14-8-17(19,9-14)16(10-18)7-13-5-3-4-6-15(13)20-11-16/h3-6,12,14,19H,7-11,18H2,1-2H3. The average molecular weight is 275 g/mol. The molecule has 1 aromatic rings. The van der Waals surface area contributed by atoms with Gasteiger partial charge in [-0.3, -0.25) is 0 Å². The molecule has 1 unspecified atom stereocenters. The van der Waals surface area contributed by atoms with Crippen molar-refractivity contribution in [2.24, 2.45) is 23.0 Å². The molecule has 3 heteroatoms. The zero-order valence-corrected chi connectivity index (χ0v) is 12.4. The van der Waals surface area contributed by atoms with Gasteiger partial charge in [0.2, 0.25) is 0 Å². The summed E-state index contributed by atoms with van der Waals surface area (Å²) in [5, 5.41) is 11.1. The second kappa shape index (κ2) is 4.74. The molecule has 3 rings (SSSR count). The molecular weight excluding hydrogens is 250 g/mol. The molecule has 1 aliphatic heterocycles. The molecule has 0 amide bonds. The smallest absolute Gasteiger partial charge is 0.122 e. The van der Waals surface area contributed by atoms with Gasteiger partial charge in [-0.2, -0.15) is 0 Å². The number of nitrogens with two attached hydrogens (primary N) is 1. The molecule has 3 nitrogen and oxygen atoms in total. The van der Waals surface area contributed by atoms with Crippen molar-refractivity contribution in [3.05, 3.63) is 29.8 Å². The summed E-state index contributed by atoms with van der Waals surface area (Å²) in [6.45, 7) is 5.46. The fourth-order valence-corrected chi connectivity index (χ4v) is 3.75. The van der Waals surface area contributed by atoms with Gasteiger partial charge in [-0.25, -0.2) is 0 Å². The van der Waals surface area contributed by atoms with E-state index in [9.17, 15) is 5.11 Å². The summed E-state index contributed by atoms with van der Waals surface area (Å²) >= 11 is 0. The first-order valence-corrected chi connectivity index (χ1v) is 7.63. The highest BCUT2D eigenvalue weighted by Crippen LogP contribution is 2.54. The first kappa shape index (κ1) is 13.9. The Morgan fingerprint density at radius 3 is 2.70 bits per heavy atom. The second-order valence-corrected chi connectivity index (χ2v) is 7.00. The van der Waals surface area contributed by atoms with Crippen LogP contribution in [0, 0.1) is 17.3 Å². The molecule has 0 bridgehead atoms. The van der Waals surface area contributed by atoms with Crippen LogP contribution in [0.1, 0.15) is 32.3 Å². The number of benzene rings is 1. The van der Waals surface area contributed by atoms with E-state index < -0.39 is 5.60 Å². The Hall–Kier alpha value is -1.06. The molecule has 1 fully saturated rings. The van der Waals surface area contributed by atoms with Crippen molar-refractivity contribution in [3.8, 4) is 5.75 Å². The van der Waals surface area contributed by atoms with E-state index in [2.05, 4.69) is 19.9 Å². The lowest BCUT2D eigenvalue weighted by Gasteiger charge is -2.57. The summed E-state index contributed by atoms with van der Waals surface area (Å²) in [6, 6.07) is 8.09. The van der Waals surface area contributed by atoms with Crippen molar-refractivity contribution < 1.29 is 9.84 Å². The summed E-state index contributed by atoms with van der Waals surface area (Å²) in [4.78, 5) is 0. The predicted molar refractivity (Wildman–Crippen MR) is 79.6 cm³/mol. The van der Waals surface area contributed by atoms with Gasteiger partial charge in [-0.15, -0.1) is 0 Å². The maximum Gasteiger partial charge on any atom is 0.122 e. The lowest BCUT2D eigenvalue weighted by molar-refractivity contribution is -0.187. The van der Waals surface area contributed by atoms with Crippen LogP contribution in [0.2, 0.25) is 0 Å². The fourth-order valence-electron chi connectivity index (χ4n) is 3.75. The normalized spacial score (nSPS) is 36.1. The van der Waals surface area contributed by atoms with Crippen molar-refractivity contribution in [3.63, 3.8) is 0 Å². The minimum Gasteiger partial charge on any atom is -0.493 e. The van der Waals surface area contributed by atoms with E-state index in [1.165, 1.54) is 5.56 Å². The van der Waals surface area contributed by atoms with E-state index in [4.69, 9.17) is 10.5 Å². The quantitative estimate of drug-likeness (QED) is 0.890. The van der Waals surface area contributed by atoms with Gasteiger partial charge in [-0.05, 0) is 42.7 Å². The molecule has 1 atom stereocenters. The van der Waals surface area contributed by atoms with E-state index >= 15 is 0 Å². The number of aliphatic hydroxyl groups is 1. The highest BCUT2D eigenvalue weighted by Gasteiger charge is 2.58. The topological polar surface area (TPSA) is 55.5 Å². The summed E-state index contributed by atoms with van der Waals surface area (Å²) in [5.41, 5.74) is 6.26. The number of ether oxygens (including phenoxy) is 1. The van der Waals surface area contributed by atoms with E-state index in [0.29, 0.717) is 25.0 Å². The second-order valence-electron chi connectivity index (χ2n) is 7.00. The number of rotatable bonds is 3. The van der Waals surface area contributed by atoms with Gasteiger partial charge in [0.05, 0.1) is 12.2 Å². The SMILES string of the molecule is CC(C)C1CC(O)(C2(CN)COc3ccccc3C2)C1. The molecule has 1 heterocycles. The molecule has 2 aliphatic rings. The van der Waals surface area contributed by atoms with Crippen LogP contribution in [-0.4, -0.2) is 23.9 Å². The van der Waals surface area contributed by atoms with Crippen LogP contribution >= 0.6 is 0 Å². The Labute approximate surface area is 121 Å². The molecule has 1 aliphatic carbocycles. The third kappa shape index (κ3) is 1.95. The van der Waals surface area contributed by atoms with Crippen molar-refractivity contribution in [1.29, 1.82) is 0 Å². The number of hydrogen-bond donors (Lipinski definition) is 2. The van der Waals surface area contributed by atoms with Crippen LogP contribution in [0.25, 0.3) is 0 Å². The summed E-state index contributed by atoms with van der Waals surface area (Å²) in [6.07, 6.45) is 2.53. The highest BCUT2D eigenvalue weighted by atomic mass is 16.5. The highest BCUT2D eigenvalue weighted by molar-refractivity contribution is 5.37. The van der Waals surface area contributed by atoms with Crippen LogP contribution in [-0.2, 0) is 6.42 Å². The van der Waals surface area contributed by atoms with Gasteiger partial charge >= 0.3 is 0 Å². The van der Waals surface area contributed by atoms with Crippen LogP contribution in [0.4, 0.5) is 0 Å². The molecule has 20 heavy (non-hydrogen) atoms. The van der Waals surface area contributed by atoms with Crippen LogP contribution < -0.4 is 10.5 Å². The minimum absolute atomic E-state index is 0.327. The molecule has 0 spiro atoms. The Morgan fingerprint density at radius 2 is 2.05 bits per heavy atom. The Balaban J connectivity index is 1.84. The lowest BCUT2D eigenvalue weighted by atomic mass is 9.53. The van der Waals surface area contributed by atoms with E-state index in [-0.39, 0.29) is 5.41 Å². The monoisotopic (exact) mass is 275 g/mol. The van der Waals surface area contributed by atoms with E-state index in [1.54, 1.807) is 0 Å². The van der Waals surface area contributed by atoms with Crippen molar-refractivity contribution >= 4 is 0 Å². The van der Waals surface area contributed by atoms with E-state index in [1.807, 2.05) is 18.2 Å². The van der Waals surface area contributed by atoms with Crippen molar-refractivity contribution in [2.45, 2.75) is 38.7 Å². The fraction of sp³-hybridized carbons (Fsp3) is 0.647. The van der Waals surface area contributed by atoms with E-state index in [0.717, 1.165) is 25.0 Å². The third-order valence-corrected chi connectivity index (χ3v) is 5.53. The zero-order chi connectivity index (χ0) is 14.4. The van der Waals surface area contributed by atoms with Gasteiger partial charge in [0, 0.05) is 12.0 Å². The van der Waals surface area contributed by atoms with Gasteiger partial charge in [0.1, 0.15) is 5.75 Å². The average Bonchev–Trinajstić information content (AvgIpc) is 2.42. The third-order valence-electron chi connectivity index (χ3n) is 5.53. The van der Waals surface area contributed by atoms with Crippen LogP contribution in [0.15, 0.2) is 24.3 Å². The number of fused-ring (bicyclic) bond motifs is 1. The Kier molecular flexibility index (Phi) is 3.30. The predicted octanol–water partition coefficient (Wildman–Crippen LogP) is 2.36. The lowest BCUT2D eigenvalue weighted by Crippen LogP contribution is -2.64. The minimum atomic E-state index is -0.662. The van der Waals surface area contributed by atoms with Crippen molar-refractivity contribution in [2.75, 3.05) is 13.2 Å². The molecule has 110 valence electrons. The largest absolute Gasteiger partial charge is 0.493 e. The number of hydrogen-bond acceptors (Lipinski definition) is 3. The summed E-state index contributed by atoms with van der Waals surface area (Å²) in [7, 11) is 0. The molecule has 0 saturated heterocycles. The van der Waals surface area contributed by atoms with Gasteiger partial charge in [0.25, 0.3) is 0 Å². The maximum atomic E-state index is 11.1. The molecule has 0 radical (unpaired) electrons. The Bertz CT molecular complexity index is 494. The number of para-hydroxylation sites is 1. The summed E-state index contributed by atoms with van der Waals surface area (Å²) in [5.74, 6) is 2.18. The zero-order valence-electron chi connectivity index (χ0n) is 12.4. The molecule has 0 aromatic heterocycles. The molecule has 1 aromatic carbocycles. The van der Waals surface area contributed by atoms with Crippen molar-refractivity contribution in [1.82, 2.24) is 0 Å². The van der Waals surface area contributed by atoms with Crippen LogP contribution in [0.5, 0.6) is 5.75 Å². The first-order valence-electron chi connectivity index (χ1n) is 7.63. The van der Waals surface area contributed by atoms with Gasteiger partial charge in [0.15, 0.2) is 0 Å². The van der Waals surface area contributed by atoms with Gasteiger partial charge in [-0.1, -0.05) is 32.0 Å². The molecule has 1 saturated carbocycles. The maximum absolute atomic E-state index is 11.1. The molecule has 3 N–H and O–H groups in total. The van der Waals surface area contributed by atoms with Gasteiger partial charge < -0.3 is 15.6 Å². The first-order chi connectivity index (χ1) is 9.50.